The Bertz CT molecular complexity index is 506. The fraction of sp³-hybridized carbons (Fsp3) is 0.500. The van der Waals surface area contributed by atoms with Gasteiger partial charge in [-0.25, -0.2) is 4.79 Å². The molecule has 1 aromatic carbocycles. The van der Waals surface area contributed by atoms with Crippen molar-refractivity contribution in [3.8, 4) is 0 Å². The van der Waals surface area contributed by atoms with Crippen molar-refractivity contribution < 1.29 is 9.59 Å². The largest absolute Gasteiger partial charge is 0.350 e. The maximum Gasteiger partial charge on any atom is 0.319 e. The smallest absolute Gasteiger partial charge is 0.319 e. The van der Waals surface area contributed by atoms with E-state index in [0.29, 0.717) is 0 Å². The molecular formula is C16H25N3O2. The molecule has 116 valence electrons. The lowest BCUT2D eigenvalue weighted by Crippen LogP contribution is -2.51. The first kappa shape index (κ1) is 17.0. The molecule has 1 atom stereocenters. The molecule has 0 bridgehead atoms. The maximum absolute atomic E-state index is 11.9. The monoisotopic (exact) mass is 291 g/mol. The average molecular weight is 291 g/mol. The molecule has 0 spiro atoms. The van der Waals surface area contributed by atoms with E-state index in [1.54, 1.807) is 6.92 Å². The summed E-state index contributed by atoms with van der Waals surface area (Å²) in [7, 11) is 0. The molecule has 0 unspecified atom stereocenters. The number of carbonyl (C=O) groups excluding carboxylic acids is 2. The molecule has 0 aliphatic rings. The number of hydrogen-bond acceptors (Lipinski definition) is 2. The van der Waals surface area contributed by atoms with Crippen molar-refractivity contribution in [2.24, 2.45) is 0 Å². The van der Waals surface area contributed by atoms with Crippen molar-refractivity contribution in [1.82, 2.24) is 10.6 Å². The topological polar surface area (TPSA) is 70.2 Å². The Hall–Kier alpha value is -2.04. The molecule has 3 amide bonds. The van der Waals surface area contributed by atoms with Crippen LogP contribution in [0.2, 0.25) is 0 Å². The highest BCUT2D eigenvalue weighted by Gasteiger charge is 2.20. The first-order valence-corrected chi connectivity index (χ1v) is 7.19. The van der Waals surface area contributed by atoms with Crippen LogP contribution in [0, 0.1) is 0 Å². The van der Waals surface area contributed by atoms with E-state index < -0.39 is 6.04 Å². The Morgan fingerprint density at radius 2 is 1.90 bits per heavy atom. The summed E-state index contributed by atoms with van der Waals surface area (Å²) in [6.45, 7) is 9.40. The van der Waals surface area contributed by atoms with E-state index in [2.05, 4.69) is 22.9 Å². The number of nitrogens with one attached hydrogen (secondary N) is 3. The second-order valence-electron chi connectivity index (χ2n) is 6.11. The molecule has 1 rings (SSSR count). The van der Waals surface area contributed by atoms with Crippen LogP contribution in [0.25, 0.3) is 0 Å². The number of anilines is 1. The molecular weight excluding hydrogens is 266 g/mol. The minimum atomic E-state index is -0.599. The summed E-state index contributed by atoms with van der Waals surface area (Å²) >= 11 is 0. The van der Waals surface area contributed by atoms with E-state index in [0.717, 1.165) is 17.7 Å². The highest BCUT2D eigenvalue weighted by atomic mass is 16.2. The summed E-state index contributed by atoms with van der Waals surface area (Å²) in [6, 6.07) is 6.64. The van der Waals surface area contributed by atoms with Crippen LogP contribution in [0.4, 0.5) is 10.5 Å². The Morgan fingerprint density at radius 3 is 2.48 bits per heavy atom. The van der Waals surface area contributed by atoms with Crippen molar-refractivity contribution >= 4 is 17.6 Å². The van der Waals surface area contributed by atoms with E-state index in [-0.39, 0.29) is 17.5 Å². The lowest BCUT2D eigenvalue weighted by Gasteiger charge is -2.23. The molecule has 0 aliphatic heterocycles. The molecule has 0 radical (unpaired) electrons. The zero-order chi connectivity index (χ0) is 16.0. The van der Waals surface area contributed by atoms with Gasteiger partial charge in [0.1, 0.15) is 6.04 Å². The van der Waals surface area contributed by atoms with Crippen LogP contribution in [0.1, 0.15) is 40.2 Å². The van der Waals surface area contributed by atoms with Crippen LogP contribution < -0.4 is 16.0 Å². The SMILES string of the molecule is CCc1cccc(NC(=O)N[C@H](C)C(=O)NC(C)(C)C)c1. The van der Waals surface area contributed by atoms with Gasteiger partial charge in [0.2, 0.25) is 5.91 Å². The minimum Gasteiger partial charge on any atom is -0.350 e. The molecule has 3 N–H and O–H groups in total. The molecule has 21 heavy (non-hydrogen) atoms. The van der Waals surface area contributed by atoms with Crippen LogP contribution in [-0.2, 0) is 11.2 Å². The lowest BCUT2D eigenvalue weighted by molar-refractivity contribution is -0.123. The summed E-state index contributed by atoms with van der Waals surface area (Å²) in [6.07, 6.45) is 0.904. The first-order chi connectivity index (χ1) is 9.71. The van der Waals surface area contributed by atoms with E-state index in [1.807, 2.05) is 45.0 Å². The van der Waals surface area contributed by atoms with Gasteiger partial charge in [0, 0.05) is 11.2 Å². The van der Waals surface area contributed by atoms with Gasteiger partial charge >= 0.3 is 6.03 Å². The molecule has 0 fully saturated rings. The fourth-order valence-corrected chi connectivity index (χ4v) is 1.78. The lowest BCUT2D eigenvalue weighted by atomic mass is 10.1. The highest BCUT2D eigenvalue weighted by Crippen LogP contribution is 2.10. The molecule has 0 saturated heterocycles. The van der Waals surface area contributed by atoms with E-state index >= 15 is 0 Å². The second-order valence-corrected chi connectivity index (χ2v) is 6.11. The first-order valence-electron chi connectivity index (χ1n) is 7.19. The van der Waals surface area contributed by atoms with Crippen molar-refractivity contribution in [3.63, 3.8) is 0 Å². The van der Waals surface area contributed by atoms with Crippen LogP contribution in [0.15, 0.2) is 24.3 Å². The van der Waals surface area contributed by atoms with Crippen molar-refractivity contribution in [2.45, 2.75) is 52.6 Å². The Labute approximate surface area is 126 Å². The van der Waals surface area contributed by atoms with E-state index in [1.165, 1.54) is 0 Å². The maximum atomic E-state index is 11.9. The predicted octanol–water partition coefficient (Wildman–Crippen LogP) is 2.67. The van der Waals surface area contributed by atoms with Gasteiger partial charge in [-0.1, -0.05) is 19.1 Å². The third-order valence-electron chi connectivity index (χ3n) is 2.83. The number of rotatable bonds is 4. The third-order valence-corrected chi connectivity index (χ3v) is 2.83. The number of aryl methyl sites for hydroxylation is 1. The van der Waals surface area contributed by atoms with Crippen LogP contribution in [-0.4, -0.2) is 23.5 Å². The number of benzene rings is 1. The van der Waals surface area contributed by atoms with Gasteiger partial charge in [-0.15, -0.1) is 0 Å². The molecule has 5 heteroatoms. The Balaban J connectivity index is 2.54. The number of urea groups is 1. The molecule has 5 nitrogen and oxygen atoms in total. The summed E-state index contributed by atoms with van der Waals surface area (Å²) in [5, 5.41) is 8.19. The fourth-order valence-electron chi connectivity index (χ4n) is 1.78. The second kappa shape index (κ2) is 7.11. The Kier molecular flexibility index (Phi) is 5.76. The van der Waals surface area contributed by atoms with Crippen molar-refractivity contribution in [1.29, 1.82) is 0 Å². The number of amides is 3. The Morgan fingerprint density at radius 1 is 1.24 bits per heavy atom. The zero-order valence-electron chi connectivity index (χ0n) is 13.4. The van der Waals surface area contributed by atoms with Crippen molar-refractivity contribution in [2.75, 3.05) is 5.32 Å². The quantitative estimate of drug-likeness (QED) is 0.798. The highest BCUT2D eigenvalue weighted by molar-refractivity contribution is 5.93. The van der Waals surface area contributed by atoms with E-state index in [4.69, 9.17) is 0 Å². The molecule has 0 aliphatic carbocycles. The van der Waals surface area contributed by atoms with Gasteiger partial charge in [0.25, 0.3) is 0 Å². The van der Waals surface area contributed by atoms with Gasteiger partial charge in [-0.05, 0) is 51.8 Å². The number of hydrogen-bond donors (Lipinski definition) is 3. The van der Waals surface area contributed by atoms with Crippen LogP contribution >= 0.6 is 0 Å². The van der Waals surface area contributed by atoms with Gasteiger partial charge in [-0.2, -0.15) is 0 Å². The summed E-state index contributed by atoms with van der Waals surface area (Å²) in [4.78, 5) is 23.8. The number of carbonyl (C=O) groups is 2. The molecule has 0 aromatic heterocycles. The predicted molar refractivity (Wildman–Crippen MR) is 85.3 cm³/mol. The summed E-state index contributed by atoms with van der Waals surface area (Å²) < 4.78 is 0. The van der Waals surface area contributed by atoms with E-state index in [9.17, 15) is 9.59 Å². The van der Waals surface area contributed by atoms with Gasteiger partial charge in [0.05, 0.1) is 0 Å². The summed E-state index contributed by atoms with van der Waals surface area (Å²) in [5.74, 6) is -0.208. The van der Waals surface area contributed by atoms with Gasteiger partial charge < -0.3 is 16.0 Å². The van der Waals surface area contributed by atoms with Crippen molar-refractivity contribution in [3.05, 3.63) is 29.8 Å². The zero-order valence-corrected chi connectivity index (χ0v) is 13.4. The molecule has 0 saturated carbocycles. The van der Waals surface area contributed by atoms with Crippen LogP contribution in [0.5, 0.6) is 0 Å². The van der Waals surface area contributed by atoms with Crippen LogP contribution in [0.3, 0.4) is 0 Å². The van der Waals surface area contributed by atoms with Gasteiger partial charge in [-0.3, -0.25) is 4.79 Å². The average Bonchev–Trinajstić information content (AvgIpc) is 2.36. The third kappa shape index (κ3) is 6.29. The standard InChI is InChI=1S/C16H25N3O2/c1-6-12-8-7-9-13(10-12)18-15(21)17-11(2)14(20)19-16(3,4)5/h7-11H,6H2,1-5H3,(H,19,20)(H2,17,18,21)/t11-/m1/s1. The molecule has 1 aromatic rings. The van der Waals surface area contributed by atoms with Gasteiger partial charge in [0.15, 0.2) is 0 Å². The minimum absolute atomic E-state index is 0.208. The normalized spacial score (nSPS) is 12.4. The molecule has 0 heterocycles. The summed E-state index contributed by atoms with van der Waals surface area (Å²) in [5.41, 5.74) is 1.54.